The molecule has 2 unspecified atom stereocenters. The summed E-state index contributed by atoms with van der Waals surface area (Å²) >= 11 is 12.0. The molecule has 2 atom stereocenters. The summed E-state index contributed by atoms with van der Waals surface area (Å²) in [6, 6.07) is 4.19. The van der Waals surface area contributed by atoms with Crippen LogP contribution in [0.25, 0.3) is 0 Å². The predicted molar refractivity (Wildman–Crippen MR) is 118 cm³/mol. The van der Waals surface area contributed by atoms with Crippen LogP contribution in [0.3, 0.4) is 0 Å². The molecule has 10 heteroatoms. The lowest BCUT2D eigenvalue weighted by molar-refractivity contribution is -0.141. The number of amides is 2. The number of anilines is 1. The number of sulfonamides is 1. The normalized spacial score (nSPS) is 22.8. The molecule has 1 aromatic rings. The number of carbonyl (C=O) groups excluding carboxylic acids is 2. The first kappa shape index (κ1) is 23.3. The number of halogens is 2. The Hall–Kier alpha value is -1.35. The van der Waals surface area contributed by atoms with Gasteiger partial charge in [0.15, 0.2) is 0 Å². The van der Waals surface area contributed by atoms with Gasteiger partial charge in [0.2, 0.25) is 21.8 Å². The van der Waals surface area contributed by atoms with Crippen LogP contribution in [0.2, 0.25) is 10.0 Å². The summed E-state index contributed by atoms with van der Waals surface area (Å²) in [5.74, 6) is -0.761. The average molecular weight is 476 g/mol. The Bertz CT molecular complexity index is 889. The zero-order chi connectivity index (χ0) is 21.9. The molecule has 7 nitrogen and oxygen atoms in total. The molecule has 0 radical (unpaired) electrons. The molecule has 2 heterocycles. The van der Waals surface area contributed by atoms with E-state index in [9.17, 15) is 18.0 Å². The van der Waals surface area contributed by atoms with Gasteiger partial charge in [-0.1, -0.05) is 30.1 Å². The standard InChI is InChI=1S/C20H27Cl2N3O4S/c1-2-9-30(28,29)24-7-3-5-14(13-24)20(27)25-8-4-6-18(25)19(26)23-17-11-15(21)10-16(22)12-17/h10-12,14,18H,2-9,13H2,1H3,(H,23,26). The Balaban J connectivity index is 1.68. The zero-order valence-corrected chi connectivity index (χ0v) is 19.3. The first-order chi connectivity index (χ1) is 14.2. The highest BCUT2D eigenvalue weighted by molar-refractivity contribution is 7.89. The van der Waals surface area contributed by atoms with Gasteiger partial charge in [-0.15, -0.1) is 0 Å². The molecule has 30 heavy (non-hydrogen) atoms. The lowest BCUT2D eigenvalue weighted by Gasteiger charge is -2.34. The number of hydrogen-bond acceptors (Lipinski definition) is 4. The molecule has 0 spiro atoms. The fourth-order valence-electron chi connectivity index (χ4n) is 4.17. The summed E-state index contributed by atoms with van der Waals surface area (Å²) in [6.07, 6.45) is 3.11. The van der Waals surface area contributed by atoms with Crippen LogP contribution in [0.1, 0.15) is 39.0 Å². The maximum Gasteiger partial charge on any atom is 0.247 e. The van der Waals surface area contributed by atoms with E-state index in [1.807, 2.05) is 6.92 Å². The minimum absolute atomic E-state index is 0.0881. The number of nitrogens with zero attached hydrogens (tertiary/aromatic N) is 2. The summed E-state index contributed by atoms with van der Waals surface area (Å²) in [5, 5.41) is 3.61. The molecule has 2 fully saturated rings. The SMILES string of the molecule is CCCS(=O)(=O)N1CCCC(C(=O)N2CCCC2C(=O)Nc2cc(Cl)cc(Cl)c2)C1. The van der Waals surface area contributed by atoms with Crippen LogP contribution in [0.15, 0.2) is 18.2 Å². The van der Waals surface area contributed by atoms with Crippen molar-refractivity contribution < 1.29 is 18.0 Å². The maximum atomic E-state index is 13.2. The van der Waals surface area contributed by atoms with Crippen molar-refractivity contribution in [2.75, 3.05) is 30.7 Å². The van der Waals surface area contributed by atoms with E-state index in [-0.39, 0.29) is 24.1 Å². The summed E-state index contributed by atoms with van der Waals surface area (Å²) < 4.78 is 26.3. The van der Waals surface area contributed by atoms with Gasteiger partial charge in [0.05, 0.1) is 11.7 Å². The molecule has 166 valence electrons. The maximum absolute atomic E-state index is 13.2. The minimum atomic E-state index is -3.34. The lowest BCUT2D eigenvalue weighted by atomic mass is 9.97. The van der Waals surface area contributed by atoms with Crippen molar-refractivity contribution in [2.24, 2.45) is 5.92 Å². The number of hydrogen-bond donors (Lipinski definition) is 1. The van der Waals surface area contributed by atoms with Crippen LogP contribution in [-0.2, 0) is 19.6 Å². The number of benzene rings is 1. The highest BCUT2D eigenvalue weighted by Gasteiger charge is 2.40. The van der Waals surface area contributed by atoms with Crippen molar-refractivity contribution in [3.63, 3.8) is 0 Å². The summed E-state index contributed by atoms with van der Waals surface area (Å²) in [4.78, 5) is 27.6. The van der Waals surface area contributed by atoms with Crippen LogP contribution in [0.4, 0.5) is 5.69 Å². The number of carbonyl (C=O) groups is 2. The van der Waals surface area contributed by atoms with Crippen LogP contribution < -0.4 is 5.32 Å². The number of nitrogens with one attached hydrogen (secondary N) is 1. The Morgan fingerprint density at radius 3 is 2.43 bits per heavy atom. The average Bonchev–Trinajstić information content (AvgIpc) is 3.16. The van der Waals surface area contributed by atoms with Gasteiger partial charge in [-0.3, -0.25) is 9.59 Å². The monoisotopic (exact) mass is 475 g/mol. The van der Waals surface area contributed by atoms with Gasteiger partial charge >= 0.3 is 0 Å². The molecular weight excluding hydrogens is 449 g/mol. The predicted octanol–water partition coefficient (Wildman–Crippen LogP) is 3.37. The van der Waals surface area contributed by atoms with Crippen molar-refractivity contribution in [3.8, 4) is 0 Å². The third kappa shape index (κ3) is 5.46. The summed E-state index contributed by atoms with van der Waals surface area (Å²) in [6.45, 7) is 2.96. The quantitative estimate of drug-likeness (QED) is 0.682. The van der Waals surface area contributed by atoms with Gasteiger partial charge in [-0.25, -0.2) is 12.7 Å². The van der Waals surface area contributed by atoms with Gasteiger partial charge in [0.25, 0.3) is 0 Å². The second-order valence-electron chi connectivity index (χ2n) is 7.85. The molecule has 3 rings (SSSR count). The van der Waals surface area contributed by atoms with Crippen LogP contribution in [0.5, 0.6) is 0 Å². The number of piperidine rings is 1. The molecule has 1 aromatic carbocycles. The fraction of sp³-hybridized carbons (Fsp3) is 0.600. The van der Waals surface area contributed by atoms with Crippen molar-refractivity contribution in [1.29, 1.82) is 0 Å². The molecule has 0 aromatic heterocycles. The highest BCUT2D eigenvalue weighted by atomic mass is 35.5. The van der Waals surface area contributed by atoms with Gasteiger partial charge in [0.1, 0.15) is 6.04 Å². The van der Waals surface area contributed by atoms with E-state index >= 15 is 0 Å². The van der Waals surface area contributed by atoms with Crippen LogP contribution in [0, 0.1) is 5.92 Å². The van der Waals surface area contributed by atoms with E-state index in [1.165, 1.54) is 4.31 Å². The Morgan fingerprint density at radius 2 is 1.77 bits per heavy atom. The van der Waals surface area contributed by atoms with Crippen molar-refractivity contribution in [1.82, 2.24) is 9.21 Å². The molecule has 0 aliphatic carbocycles. The molecule has 2 saturated heterocycles. The Morgan fingerprint density at radius 1 is 1.10 bits per heavy atom. The van der Waals surface area contributed by atoms with Gasteiger partial charge in [0, 0.05) is 35.4 Å². The van der Waals surface area contributed by atoms with Crippen LogP contribution >= 0.6 is 23.2 Å². The van der Waals surface area contributed by atoms with E-state index in [2.05, 4.69) is 5.32 Å². The molecule has 0 saturated carbocycles. The van der Waals surface area contributed by atoms with Gasteiger partial charge in [-0.2, -0.15) is 0 Å². The summed E-state index contributed by atoms with van der Waals surface area (Å²) in [5.41, 5.74) is 0.478. The topological polar surface area (TPSA) is 86.8 Å². The first-order valence-corrected chi connectivity index (χ1v) is 12.6. The van der Waals surface area contributed by atoms with Gasteiger partial charge in [-0.05, 0) is 50.3 Å². The molecule has 1 N–H and O–H groups in total. The number of likely N-dealkylation sites (tertiary alicyclic amines) is 1. The zero-order valence-electron chi connectivity index (χ0n) is 16.9. The summed E-state index contributed by atoms with van der Waals surface area (Å²) in [7, 11) is -3.34. The van der Waals surface area contributed by atoms with E-state index < -0.39 is 22.0 Å². The van der Waals surface area contributed by atoms with E-state index in [1.54, 1.807) is 23.1 Å². The Labute approximate surface area is 187 Å². The van der Waals surface area contributed by atoms with Crippen molar-refractivity contribution in [2.45, 2.75) is 45.1 Å². The molecule has 2 aliphatic rings. The van der Waals surface area contributed by atoms with Crippen molar-refractivity contribution in [3.05, 3.63) is 28.2 Å². The molecular formula is C20H27Cl2N3O4S. The first-order valence-electron chi connectivity index (χ1n) is 10.3. The molecule has 2 amide bonds. The largest absolute Gasteiger partial charge is 0.330 e. The molecule has 0 bridgehead atoms. The third-order valence-electron chi connectivity index (χ3n) is 5.56. The smallest absolute Gasteiger partial charge is 0.247 e. The highest BCUT2D eigenvalue weighted by Crippen LogP contribution is 2.28. The second-order valence-corrected chi connectivity index (χ2v) is 10.8. The van der Waals surface area contributed by atoms with E-state index in [0.717, 1.165) is 6.42 Å². The van der Waals surface area contributed by atoms with Crippen molar-refractivity contribution >= 4 is 50.7 Å². The second kappa shape index (κ2) is 9.85. The van der Waals surface area contributed by atoms with Crippen LogP contribution in [-0.4, -0.2) is 60.9 Å². The number of rotatable bonds is 6. The Kier molecular flexibility index (Phi) is 7.66. The third-order valence-corrected chi connectivity index (χ3v) is 8.04. The minimum Gasteiger partial charge on any atom is -0.330 e. The van der Waals surface area contributed by atoms with E-state index in [0.29, 0.717) is 54.5 Å². The lowest BCUT2D eigenvalue weighted by Crippen LogP contribution is -2.50. The van der Waals surface area contributed by atoms with Gasteiger partial charge < -0.3 is 10.2 Å². The van der Waals surface area contributed by atoms with E-state index in [4.69, 9.17) is 23.2 Å². The fourth-order valence-corrected chi connectivity index (χ4v) is 6.29. The molecule has 2 aliphatic heterocycles.